The summed E-state index contributed by atoms with van der Waals surface area (Å²) in [4.78, 5) is 7.16. The van der Waals surface area contributed by atoms with Gasteiger partial charge >= 0.3 is 0 Å². The molecule has 90 valence electrons. The van der Waals surface area contributed by atoms with Crippen molar-refractivity contribution in [1.29, 1.82) is 0 Å². The SMILES string of the molecule is Cc1ccc(CCCCCc2cnc[nH]2)cc1. The zero-order chi connectivity index (χ0) is 11.9. The van der Waals surface area contributed by atoms with Crippen LogP contribution >= 0.6 is 0 Å². The number of H-pyrrole nitrogens is 1. The van der Waals surface area contributed by atoms with Crippen LogP contribution in [0.1, 0.15) is 36.1 Å². The monoisotopic (exact) mass is 228 g/mol. The number of hydrogen-bond acceptors (Lipinski definition) is 1. The minimum atomic E-state index is 1.12. The van der Waals surface area contributed by atoms with Gasteiger partial charge < -0.3 is 4.98 Å². The highest BCUT2D eigenvalue weighted by molar-refractivity contribution is 5.21. The van der Waals surface area contributed by atoms with Crippen molar-refractivity contribution < 1.29 is 0 Å². The average Bonchev–Trinajstić information content (AvgIpc) is 2.84. The van der Waals surface area contributed by atoms with E-state index in [0.717, 1.165) is 6.42 Å². The van der Waals surface area contributed by atoms with Crippen molar-refractivity contribution in [3.63, 3.8) is 0 Å². The number of aryl methyl sites for hydroxylation is 3. The maximum atomic E-state index is 4.02. The van der Waals surface area contributed by atoms with Crippen LogP contribution in [0.25, 0.3) is 0 Å². The van der Waals surface area contributed by atoms with Crippen molar-refractivity contribution >= 4 is 0 Å². The molecule has 0 aliphatic heterocycles. The second-order valence-corrected chi connectivity index (χ2v) is 4.62. The number of aromatic amines is 1. The Kier molecular flexibility index (Phi) is 4.37. The summed E-state index contributed by atoms with van der Waals surface area (Å²) in [6.07, 6.45) is 9.79. The number of benzene rings is 1. The first-order chi connectivity index (χ1) is 8.34. The van der Waals surface area contributed by atoms with E-state index in [1.807, 2.05) is 6.20 Å². The van der Waals surface area contributed by atoms with Crippen molar-refractivity contribution in [3.8, 4) is 0 Å². The van der Waals surface area contributed by atoms with Gasteiger partial charge in [0.25, 0.3) is 0 Å². The zero-order valence-electron chi connectivity index (χ0n) is 10.4. The standard InChI is InChI=1S/C15H20N2/c1-13-7-9-14(10-8-13)5-3-2-4-6-15-11-16-12-17-15/h7-12H,2-6H2,1H3,(H,16,17). The molecule has 17 heavy (non-hydrogen) atoms. The molecular weight excluding hydrogens is 208 g/mol. The van der Waals surface area contributed by atoms with Crippen LogP contribution in [0, 0.1) is 6.92 Å². The van der Waals surface area contributed by atoms with Crippen molar-refractivity contribution in [1.82, 2.24) is 9.97 Å². The zero-order valence-corrected chi connectivity index (χ0v) is 10.4. The lowest BCUT2D eigenvalue weighted by atomic mass is 10.0. The summed E-state index contributed by atoms with van der Waals surface area (Å²) in [5.74, 6) is 0. The fourth-order valence-corrected chi connectivity index (χ4v) is 2.00. The van der Waals surface area contributed by atoms with Gasteiger partial charge in [-0.3, -0.25) is 0 Å². The molecule has 0 aliphatic carbocycles. The highest BCUT2D eigenvalue weighted by Gasteiger charge is 1.96. The maximum Gasteiger partial charge on any atom is 0.0921 e. The van der Waals surface area contributed by atoms with Crippen LogP contribution in [-0.2, 0) is 12.8 Å². The Balaban J connectivity index is 1.61. The summed E-state index contributed by atoms with van der Waals surface area (Å²) < 4.78 is 0. The van der Waals surface area contributed by atoms with E-state index in [-0.39, 0.29) is 0 Å². The van der Waals surface area contributed by atoms with Crippen molar-refractivity contribution in [2.24, 2.45) is 0 Å². The Bertz CT molecular complexity index is 415. The molecule has 2 rings (SSSR count). The summed E-state index contributed by atoms with van der Waals surface area (Å²) in [6, 6.07) is 8.87. The van der Waals surface area contributed by atoms with Crippen LogP contribution in [0.3, 0.4) is 0 Å². The lowest BCUT2D eigenvalue weighted by molar-refractivity contribution is 0.673. The minimum absolute atomic E-state index is 1.12. The summed E-state index contributed by atoms with van der Waals surface area (Å²) in [7, 11) is 0. The molecule has 0 radical (unpaired) electrons. The molecule has 2 nitrogen and oxygen atoms in total. The number of imidazole rings is 1. The first-order valence-electron chi connectivity index (χ1n) is 6.37. The Morgan fingerprint density at radius 3 is 2.47 bits per heavy atom. The third-order valence-electron chi connectivity index (χ3n) is 3.09. The second-order valence-electron chi connectivity index (χ2n) is 4.62. The first-order valence-corrected chi connectivity index (χ1v) is 6.37. The van der Waals surface area contributed by atoms with Gasteiger partial charge in [-0.2, -0.15) is 0 Å². The third-order valence-corrected chi connectivity index (χ3v) is 3.09. The van der Waals surface area contributed by atoms with Gasteiger partial charge in [0.15, 0.2) is 0 Å². The molecular formula is C15H20N2. The van der Waals surface area contributed by atoms with E-state index < -0.39 is 0 Å². The molecule has 1 aromatic heterocycles. The third kappa shape index (κ3) is 4.06. The smallest absolute Gasteiger partial charge is 0.0921 e. The van der Waals surface area contributed by atoms with E-state index >= 15 is 0 Å². The normalized spacial score (nSPS) is 10.6. The molecule has 0 saturated heterocycles. The van der Waals surface area contributed by atoms with Crippen molar-refractivity contribution in [2.45, 2.75) is 39.0 Å². The largest absolute Gasteiger partial charge is 0.348 e. The van der Waals surface area contributed by atoms with E-state index in [9.17, 15) is 0 Å². The molecule has 2 heteroatoms. The topological polar surface area (TPSA) is 28.7 Å². The van der Waals surface area contributed by atoms with E-state index in [0.29, 0.717) is 0 Å². The number of hydrogen-bond donors (Lipinski definition) is 1. The molecule has 0 amide bonds. The first kappa shape index (κ1) is 11.9. The number of nitrogens with zero attached hydrogens (tertiary/aromatic N) is 1. The van der Waals surface area contributed by atoms with Gasteiger partial charge in [-0.1, -0.05) is 36.2 Å². The Morgan fingerprint density at radius 2 is 1.76 bits per heavy atom. The summed E-state index contributed by atoms with van der Waals surface area (Å²) in [5.41, 5.74) is 4.05. The molecule has 0 fully saturated rings. The van der Waals surface area contributed by atoms with Gasteiger partial charge in [-0.25, -0.2) is 4.98 Å². The molecule has 1 heterocycles. The minimum Gasteiger partial charge on any atom is -0.348 e. The van der Waals surface area contributed by atoms with Gasteiger partial charge in [0.1, 0.15) is 0 Å². The molecule has 0 spiro atoms. The quantitative estimate of drug-likeness (QED) is 0.751. The van der Waals surface area contributed by atoms with Gasteiger partial charge in [0.2, 0.25) is 0 Å². The lowest BCUT2D eigenvalue weighted by Gasteiger charge is -2.02. The average molecular weight is 228 g/mol. The summed E-state index contributed by atoms with van der Waals surface area (Å²) in [6.45, 7) is 2.13. The van der Waals surface area contributed by atoms with Gasteiger partial charge in [-0.05, 0) is 38.2 Å². The highest BCUT2D eigenvalue weighted by Crippen LogP contribution is 2.09. The predicted molar refractivity (Wildman–Crippen MR) is 71.0 cm³/mol. The number of rotatable bonds is 6. The van der Waals surface area contributed by atoms with E-state index in [4.69, 9.17) is 0 Å². The lowest BCUT2D eigenvalue weighted by Crippen LogP contribution is -1.89. The Morgan fingerprint density at radius 1 is 1.00 bits per heavy atom. The fraction of sp³-hybridized carbons (Fsp3) is 0.400. The van der Waals surface area contributed by atoms with Gasteiger partial charge in [0, 0.05) is 11.9 Å². The molecule has 0 unspecified atom stereocenters. The molecule has 2 aromatic rings. The van der Waals surface area contributed by atoms with Crippen LogP contribution in [0.5, 0.6) is 0 Å². The number of unbranched alkanes of at least 4 members (excludes halogenated alkanes) is 2. The highest BCUT2D eigenvalue weighted by atomic mass is 14.9. The van der Waals surface area contributed by atoms with Gasteiger partial charge in [-0.15, -0.1) is 0 Å². The molecule has 1 N–H and O–H groups in total. The predicted octanol–water partition coefficient (Wildman–Crippen LogP) is 3.67. The maximum absolute atomic E-state index is 4.02. The molecule has 0 atom stereocenters. The van der Waals surface area contributed by atoms with Crippen LogP contribution in [0.4, 0.5) is 0 Å². The van der Waals surface area contributed by atoms with Crippen LogP contribution in [0.15, 0.2) is 36.8 Å². The number of nitrogens with one attached hydrogen (secondary N) is 1. The Hall–Kier alpha value is -1.57. The molecule has 0 saturated carbocycles. The van der Waals surface area contributed by atoms with Crippen molar-refractivity contribution in [2.75, 3.05) is 0 Å². The summed E-state index contributed by atoms with van der Waals surface area (Å²) in [5, 5.41) is 0. The van der Waals surface area contributed by atoms with Crippen LogP contribution in [-0.4, -0.2) is 9.97 Å². The van der Waals surface area contributed by atoms with Crippen LogP contribution in [0.2, 0.25) is 0 Å². The molecule has 0 aliphatic rings. The van der Waals surface area contributed by atoms with Gasteiger partial charge in [0.05, 0.1) is 6.33 Å². The van der Waals surface area contributed by atoms with E-state index in [2.05, 4.69) is 41.2 Å². The Labute approximate surface area is 103 Å². The molecule has 1 aromatic carbocycles. The van der Waals surface area contributed by atoms with E-state index in [1.54, 1.807) is 6.33 Å². The molecule has 0 bridgehead atoms. The van der Waals surface area contributed by atoms with Crippen LogP contribution < -0.4 is 0 Å². The number of aromatic nitrogens is 2. The second kappa shape index (κ2) is 6.24. The fourth-order valence-electron chi connectivity index (χ4n) is 2.00. The van der Waals surface area contributed by atoms with Crippen molar-refractivity contribution in [3.05, 3.63) is 53.6 Å². The van der Waals surface area contributed by atoms with E-state index in [1.165, 1.54) is 42.5 Å². The summed E-state index contributed by atoms with van der Waals surface area (Å²) >= 11 is 0.